The molecule has 2 aromatic carbocycles. The van der Waals surface area contributed by atoms with Crippen LogP contribution in [0.3, 0.4) is 0 Å². The highest BCUT2D eigenvalue weighted by atomic mass is 35.5. The first kappa shape index (κ1) is 26.1. The van der Waals surface area contributed by atoms with Crippen molar-refractivity contribution >= 4 is 46.9 Å². The Morgan fingerprint density at radius 3 is 2.56 bits per heavy atom. The van der Waals surface area contributed by atoms with Gasteiger partial charge in [0.05, 0.1) is 6.61 Å². The molecule has 4 rings (SSSR count). The van der Waals surface area contributed by atoms with E-state index in [4.69, 9.17) is 16.7 Å². The third-order valence-electron chi connectivity index (χ3n) is 5.69. The van der Waals surface area contributed by atoms with E-state index in [9.17, 15) is 13.6 Å². The molecule has 0 saturated carbocycles. The number of carbonyl (C=O) groups is 1. The maximum atomic E-state index is 13.6. The topological polar surface area (TPSA) is 90.4 Å². The van der Waals surface area contributed by atoms with Crippen LogP contribution in [0.1, 0.15) is 28.9 Å². The maximum absolute atomic E-state index is 13.6. The lowest BCUT2D eigenvalue weighted by Gasteiger charge is -2.32. The molecular formula is C25H26ClF2N5O2S. The van der Waals surface area contributed by atoms with E-state index in [1.165, 1.54) is 11.9 Å². The standard InChI is InChI=1S/C25H26ClF2N5O2S/c1-16-14-22(33-10-8-25(27,28)9-11-33)30-24(29-16)31-23(35)20-7-6-19(32-36-13-12-34)15-21(20)17-2-4-18(26)5-3-17/h2-7,14-15,32,34H,8-13H2,1H3,(H,29,30,31,35). The number of aliphatic hydroxyl groups is 1. The summed E-state index contributed by atoms with van der Waals surface area (Å²) in [6.07, 6.45) is -0.474. The Kier molecular flexibility index (Phi) is 8.28. The number of aliphatic hydroxyl groups excluding tert-OH is 1. The molecule has 1 fully saturated rings. The molecule has 0 radical (unpaired) electrons. The number of carbonyl (C=O) groups excluding carboxylic acids is 1. The minimum Gasteiger partial charge on any atom is -0.395 e. The van der Waals surface area contributed by atoms with E-state index in [2.05, 4.69) is 20.0 Å². The number of hydrogen-bond donors (Lipinski definition) is 3. The minimum absolute atomic E-state index is 0.0422. The number of anilines is 3. The molecule has 1 aromatic heterocycles. The summed E-state index contributed by atoms with van der Waals surface area (Å²) < 4.78 is 30.3. The zero-order valence-electron chi connectivity index (χ0n) is 19.6. The first-order valence-corrected chi connectivity index (χ1v) is 12.8. The van der Waals surface area contributed by atoms with Gasteiger partial charge >= 0.3 is 0 Å². The smallest absolute Gasteiger partial charge is 0.258 e. The number of nitrogens with zero attached hydrogens (tertiary/aromatic N) is 3. The molecule has 2 heterocycles. The number of nitrogens with one attached hydrogen (secondary N) is 2. The van der Waals surface area contributed by atoms with E-state index in [1.807, 2.05) is 18.2 Å². The third kappa shape index (κ3) is 6.63. The van der Waals surface area contributed by atoms with Gasteiger partial charge in [0.1, 0.15) is 5.82 Å². The number of piperidine rings is 1. The van der Waals surface area contributed by atoms with Gasteiger partial charge in [-0.05, 0) is 48.4 Å². The van der Waals surface area contributed by atoms with Crippen molar-refractivity contribution in [2.24, 2.45) is 0 Å². The van der Waals surface area contributed by atoms with Crippen molar-refractivity contribution in [3.63, 3.8) is 0 Å². The van der Waals surface area contributed by atoms with E-state index in [-0.39, 0.29) is 38.5 Å². The van der Waals surface area contributed by atoms with E-state index < -0.39 is 11.8 Å². The number of alkyl halides is 2. The van der Waals surface area contributed by atoms with Crippen LogP contribution in [0.4, 0.5) is 26.2 Å². The van der Waals surface area contributed by atoms with E-state index >= 15 is 0 Å². The molecule has 0 unspecified atom stereocenters. The van der Waals surface area contributed by atoms with Gasteiger partial charge in [-0.2, -0.15) is 4.98 Å². The van der Waals surface area contributed by atoms with Crippen LogP contribution in [0.2, 0.25) is 5.02 Å². The van der Waals surface area contributed by atoms with Gasteiger partial charge in [-0.25, -0.2) is 13.8 Å². The van der Waals surface area contributed by atoms with E-state index in [0.717, 1.165) is 11.3 Å². The van der Waals surface area contributed by atoms with Crippen molar-refractivity contribution in [3.8, 4) is 11.1 Å². The fourth-order valence-corrected chi connectivity index (χ4v) is 4.47. The highest BCUT2D eigenvalue weighted by Gasteiger charge is 2.34. The van der Waals surface area contributed by atoms with Crippen molar-refractivity contribution in [3.05, 3.63) is 64.8 Å². The van der Waals surface area contributed by atoms with Gasteiger partial charge in [-0.3, -0.25) is 10.1 Å². The fourth-order valence-electron chi connectivity index (χ4n) is 3.86. The number of benzene rings is 2. The summed E-state index contributed by atoms with van der Waals surface area (Å²) in [5, 5.41) is 12.4. The van der Waals surface area contributed by atoms with Gasteiger partial charge in [-0.1, -0.05) is 35.7 Å². The molecule has 3 N–H and O–H groups in total. The highest BCUT2D eigenvalue weighted by Crippen LogP contribution is 2.32. The van der Waals surface area contributed by atoms with Gasteiger partial charge in [0, 0.05) is 59.7 Å². The van der Waals surface area contributed by atoms with Crippen molar-refractivity contribution < 1.29 is 18.7 Å². The Labute approximate surface area is 217 Å². The maximum Gasteiger partial charge on any atom is 0.258 e. The van der Waals surface area contributed by atoms with Crippen molar-refractivity contribution in [2.45, 2.75) is 25.7 Å². The van der Waals surface area contributed by atoms with Crippen molar-refractivity contribution in [1.29, 1.82) is 0 Å². The summed E-state index contributed by atoms with van der Waals surface area (Å²) in [4.78, 5) is 23.9. The van der Waals surface area contributed by atoms with Gasteiger partial charge in [0.25, 0.3) is 11.8 Å². The second-order valence-corrected chi connectivity index (χ2v) is 9.77. The summed E-state index contributed by atoms with van der Waals surface area (Å²) in [6.45, 7) is 2.17. The average Bonchev–Trinajstić information content (AvgIpc) is 2.84. The summed E-state index contributed by atoms with van der Waals surface area (Å²) >= 11 is 7.41. The second-order valence-electron chi connectivity index (χ2n) is 8.43. The van der Waals surface area contributed by atoms with Crippen molar-refractivity contribution in [2.75, 3.05) is 40.4 Å². The number of halogens is 3. The monoisotopic (exact) mass is 533 g/mol. The molecular weight excluding hydrogens is 508 g/mol. The zero-order chi connectivity index (χ0) is 25.7. The van der Waals surface area contributed by atoms with Crippen molar-refractivity contribution in [1.82, 2.24) is 9.97 Å². The Morgan fingerprint density at radius 1 is 1.14 bits per heavy atom. The molecule has 0 aliphatic carbocycles. The minimum atomic E-state index is -2.66. The number of rotatable bonds is 8. The molecule has 11 heteroatoms. The fraction of sp³-hybridized carbons (Fsp3) is 0.320. The molecule has 0 bridgehead atoms. The first-order chi connectivity index (χ1) is 17.2. The molecule has 3 aromatic rings. The van der Waals surface area contributed by atoms with Gasteiger partial charge in [0.15, 0.2) is 0 Å². The van der Waals surface area contributed by atoms with Crippen LogP contribution in [0.5, 0.6) is 0 Å². The predicted molar refractivity (Wildman–Crippen MR) is 141 cm³/mol. The zero-order valence-corrected chi connectivity index (χ0v) is 21.2. The molecule has 1 saturated heterocycles. The van der Waals surface area contributed by atoms with Crippen LogP contribution in [-0.2, 0) is 0 Å². The van der Waals surface area contributed by atoms with Crippen LogP contribution in [0.25, 0.3) is 11.1 Å². The van der Waals surface area contributed by atoms with Crippen LogP contribution in [0.15, 0.2) is 48.5 Å². The number of hydrogen-bond acceptors (Lipinski definition) is 7. The summed E-state index contributed by atoms with van der Waals surface area (Å²) in [5.74, 6) is -1.94. The molecule has 0 spiro atoms. The Hall–Kier alpha value is -2.95. The Bertz CT molecular complexity index is 1220. The van der Waals surface area contributed by atoms with Crippen LogP contribution < -0.4 is 14.9 Å². The van der Waals surface area contributed by atoms with Crippen LogP contribution in [0, 0.1) is 6.92 Å². The Balaban J connectivity index is 1.59. The lowest BCUT2D eigenvalue weighted by molar-refractivity contribution is -0.0221. The predicted octanol–water partition coefficient (Wildman–Crippen LogP) is 5.65. The average molecular weight is 534 g/mol. The summed E-state index contributed by atoms with van der Waals surface area (Å²) in [7, 11) is 0. The Morgan fingerprint density at radius 2 is 1.86 bits per heavy atom. The third-order valence-corrected chi connectivity index (χ3v) is 6.71. The highest BCUT2D eigenvalue weighted by molar-refractivity contribution is 8.00. The largest absolute Gasteiger partial charge is 0.395 e. The van der Waals surface area contributed by atoms with Gasteiger partial charge in [-0.15, -0.1) is 0 Å². The van der Waals surface area contributed by atoms with Gasteiger partial charge < -0.3 is 14.7 Å². The molecule has 1 aliphatic heterocycles. The molecule has 36 heavy (non-hydrogen) atoms. The molecule has 1 amide bonds. The van der Waals surface area contributed by atoms with E-state index in [0.29, 0.717) is 33.4 Å². The normalized spacial score (nSPS) is 15.0. The first-order valence-electron chi connectivity index (χ1n) is 11.4. The second kappa shape index (κ2) is 11.4. The number of aryl methyl sites for hydroxylation is 1. The van der Waals surface area contributed by atoms with Crippen LogP contribution >= 0.6 is 23.5 Å². The summed E-state index contributed by atoms with van der Waals surface area (Å²) in [6, 6.07) is 14.2. The van der Waals surface area contributed by atoms with Crippen LogP contribution in [-0.4, -0.2) is 52.4 Å². The summed E-state index contributed by atoms with van der Waals surface area (Å²) in [5.41, 5.74) is 3.25. The lowest BCUT2D eigenvalue weighted by Crippen LogP contribution is -2.39. The molecule has 0 atom stereocenters. The lowest BCUT2D eigenvalue weighted by atomic mass is 9.98. The van der Waals surface area contributed by atoms with Gasteiger partial charge in [0.2, 0.25) is 5.95 Å². The quantitative estimate of drug-likeness (QED) is 0.255. The molecule has 7 nitrogen and oxygen atoms in total. The molecule has 190 valence electrons. The molecule has 1 aliphatic rings. The SMILES string of the molecule is Cc1cc(N2CCC(F)(F)CC2)nc(NC(=O)c2ccc(NSCCO)cc2-c2ccc(Cl)cc2)n1. The number of amides is 1. The van der Waals surface area contributed by atoms with E-state index in [1.54, 1.807) is 42.2 Å². The number of aromatic nitrogens is 2.